The molecule has 1 aromatic rings. The summed E-state index contributed by atoms with van der Waals surface area (Å²) in [5.41, 5.74) is 1.34. The van der Waals surface area contributed by atoms with E-state index in [4.69, 9.17) is 9.47 Å². The summed E-state index contributed by atoms with van der Waals surface area (Å²) in [4.78, 5) is 0. The fraction of sp³-hybridized carbons (Fsp3) is 0.636. The number of benzene rings is 1. The van der Waals surface area contributed by atoms with E-state index in [9.17, 15) is 0 Å². The zero-order valence-electron chi connectivity index (χ0n) is 15.3. The first-order valence-electron chi connectivity index (χ1n) is 9.87. The predicted octanol–water partition coefficient (Wildman–Crippen LogP) is 6.09. The van der Waals surface area contributed by atoms with Crippen LogP contribution in [0, 0.1) is 0 Å². The van der Waals surface area contributed by atoms with Gasteiger partial charge < -0.3 is 9.47 Å². The molecule has 2 heteroatoms. The highest BCUT2D eigenvalue weighted by molar-refractivity contribution is 5.28. The Balaban J connectivity index is 1.46. The highest BCUT2D eigenvalue weighted by Gasteiger charge is 2.22. The number of unbranched alkanes of at least 4 members (excludes halogenated alkanes) is 8. The van der Waals surface area contributed by atoms with Crippen LogP contribution in [0.5, 0.6) is 5.75 Å². The van der Waals surface area contributed by atoms with Crippen LogP contribution in [0.1, 0.15) is 70.3 Å². The molecule has 24 heavy (non-hydrogen) atoms. The molecule has 1 aromatic carbocycles. The molecule has 0 aromatic heterocycles. The molecule has 1 unspecified atom stereocenters. The quantitative estimate of drug-likeness (QED) is 0.234. The summed E-state index contributed by atoms with van der Waals surface area (Å²) in [6.45, 7) is 3.80. The zero-order chi connectivity index (χ0) is 16.9. The first kappa shape index (κ1) is 19.1. The van der Waals surface area contributed by atoms with E-state index >= 15 is 0 Å². The van der Waals surface area contributed by atoms with E-state index in [0.29, 0.717) is 12.7 Å². The Morgan fingerprint density at radius 2 is 1.62 bits per heavy atom. The van der Waals surface area contributed by atoms with Gasteiger partial charge in [0.25, 0.3) is 0 Å². The monoisotopic (exact) mass is 330 g/mol. The van der Waals surface area contributed by atoms with E-state index in [1.54, 1.807) is 0 Å². The Hall–Kier alpha value is -1.28. The molecule has 1 fully saturated rings. The molecular formula is C22H34O2. The lowest BCUT2D eigenvalue weighted by molar-refractivity contribution is 0.263. The van der Waals surface area contributed by atoms with E-state index in [0.717, 1.165) is 18.8 Å². The van der Waals surface area contributed by atoms with Crippen LogP contribution in [0.3, 0.4) is 0 Å². The van der Waals surface area contributed by atoms with Gasteiger partial charge in [0, 0.05) is 0 Å². The van der Waals surface area contributed by atoms with Crippen LogP contribution in [0.2, 0.25) is 0 Å². The van der Waals surface area contributed by atoms with E-state index < -0.39 is 0 Å². The van der Waals surface area contributed by atoms with Crippen molar-refractivity contribution in [3.63, 3.8) is 0 Å². The lowest BCUT2D eigenvalue weighted by atomic mass is 10.1. The second-order valence-electron chi connectivity index (χ2n) is 6.85. The van der Waals surface area contributed by atoms with Crippen LogP contribution >= 0.6 is 0 Å². The van der Waals surface area contributed by atoms with Crippen molar-refractivity contribution in [2.75, 3.05) is 13.2 Å². The molecule has 1 atom stereocenters. The molecule has 0 aliphatic carbocycles. The lowest BCUT2D eigenvalue weighted by Gasteiger charge is -2.04. The Morgan fingerprint density at radius 3 is 2.29 bits per heavy atom. The Bertz CT molecular complexity index is 446. The standard InChI is InChI=1S/C22H34O2/c1-2-3-4-5-6-7-8-9-10-11-12-13-20-14-16-21(17-15-20)23-18-22-19-24-22/h11-12,14-17,22H,2-10,13,18-19H2,1H3/b12-11+. The Kier molecular flexibility index (Phi) is 9.63. The van der Waals surface area contributed by atoms with Gasteiger partial charge in [-0.05, 0) is 37.0 Å². The second-order valence-corrected chi connectivity index (χ2v) is 6.85. The van der Waals surface area contributed by atoms with E-state index in [2.05, 4.69) is 43.3 Å². The number of allylic oxidation sites excluding steroid dienone is 2. The fourth-order valence-corrected chi connectivity index (χ4v) is 2.81. The van der Waals surface area contributed by atoms with Gasteiger partial charge >= 0.3 is 0 Å². The molecule has 0 spiro atoms. The third-order valence-corrected chi connectivity index (χ3v) is 4.51. The van der Waals surface area contributed by atoms with Gasteiger partial charge in [0.1, 0.15) is 18.5 Å². The van der Waals surface area contributed by atoms with Crippen molar-refractivity contribution in [3.8, 4) is 5.75 Å². The van der Waals surface area contributed by atoms with Crippen LogP contribution in [-0.4, -0.2) is 19.3 Å². The minimum atomic E-state index is 0.323. The topological polar surface area (TPSA) is 21.8 Å². The normalized spacial score (nSPS) is 16.6. The number of rotatable bonds is 14. The van der Waals surface area contributed by atoms with Crippen molar-refractivity contribution < 1.29 is 9.47 Å². The maximum absolute atomic E-state index is 5.65. The summed E-state index contributed by atoms with van der Waals surface area (Å²) < 4.78 is 10.8. The summed E-state index contributed by atoms with van der Waals surface area (Å²) in [6.07, 6.45) is 18.3. The van der Waals surface area contributed by atoms with Gasteiger partial charge in [0.15, 0.2) is 0 Å². The van der Waals surface area contributed by atoms with Gasteiger partial charge in [-0.3, -0.25) is 0 Å². The predicted molar refractivity (Wildman–Crippen MR) is 102 cm³/mol. The SMILES string of the molecule is CCCCCCCCCC/C=C/Cc1ccc(OCC2CO2)cc1. The van der Waals surface area contributed by atoms with Crippen LogP contribution in [0.15, 0.2) is 36.4 Å². The molecular weight excluding hydrogens is 296 g/mol. The number of epoxide rings is 1. The average molecular weight is 331 g/mol. The van der Waals surface area contributed by atoms with Gasteiger partial charge in [-0.25, -0.2) is 0 Å². The maximum atomic E-state index is 5.65. The summed E-state index contributed by atoms with van der Waals surface area (Å²) >= 11 is 0. The van der Waals surface area contributed by atoms with Crippen molar-refractivity contribution in [2.24, 2.45) is 0 Å². The third kappa shape index (κ3) is 9.12. The first-order chi connectivity index (χ1) is 11.9. The molecule has 0 amide bonds. The average Bonchev–Trinajstić information content (AvgIpc) is 3.43. The summed E-state index contributed by atoms with van der Waals surface area (Å²) in [5.74, 6) is 0.942. The molecule has 2 rings (SSSR count). The van der Waals surface area contributed by atoms with Gasteiger partial charge in [0.2, 0.25) is 0 Å². The van der Waals surface area contributed by atoms with E-state index in [1.165, 1.54) is 63.4 Å². The zero-order valence-corrected chi connectivity index (χ0v) is 15.3. The third-order valence-electron chi connectivity index (χ3n) is 4.51. The molecule has 0 saturated carbocycles. The van der Waals surface area contributed by atoms with Crippen molar-refractivity contribution in [2.45, 2.75) is 77.2 Å². The lowest BCUT2D eigenvalue weighted by Crippen LogP contribution is -2.03. The molecule has 1 heterocycles. The molecule has 1 aliphatic heterocycles. The minimum Gasteiger partial charge on any atom is -0.491 e. The molecule has 0 radical (unpaired) electrons. The van der Waals surface area contributed by atoms with E-state index in [-0.39, 0.29) is 0 Å². The van der Waals surface area contributed by atoms with Crippen LogP contribution < -0.4 is 4.74 Å². The maximum Gasteiger partial charge on any atom is 0.119 e. The van der Waals surface area contributed by atoms with Gasteiger partial charge in [-0.2, -0.15) is 0 Å². The second kappa shape index (κ2) is 12.1. The molecule has 0 N–H and O–H groups in total. The molecule has 2 nitrogen and oxygen atoms in total. The van der Waals surface area contributed by atoms with Crippen molar-refractivity contribution in [1.29, 1.82) is 0 Å². The van der Waals surface area contributed by atoms with Gasteiger partial charge in [-0.1, -0.05) is 76.2 Å². The number of hydrogen-bond acceptors (Lipinski definition) is 2. The number of ether oxygens (including phenoxy) is 2. The minimum absolute atomic E-state index is 0.323. The first-order valence-corrected chi connectivity index (χ1v) is 9.87. The Morgan fingerprint density at radius 1 is 0.958 bits per heavy atom. The molecule has 0 bridgehead atoms. The van der Waals surface area contributed by atoms with Crippen molar-refractivity contribution >= 4 is 0 Å². The van der Waals surface area contributed by atoms with Gasteiger partial charge in [0.05, 0.1) is 6.61 Å². The Labute approximate surface area is 148 Å². The van der Waals surface area contributed by atoms with Crippen molar-refractivity contribution in [1.82, 2.24) is 0 Å². The highest BCUT2D eigenvalue weighted by Crippen LogP contribution is 2.16. The summed E-state index contributed by atoms with van der Waals surface area (Å²) in [5, 5.41) is 0. The molecule has 1 saturated heterocycles. The summed E-state index contributed by atoms with van der Waals surface area (Å²) in [7, 11) is 0. The van der Waals surface area contributed by atoms with E-state index in [1.807, 2.05) is 0 Å². The largest absolute Gasteiger partial charge is 0.491 e. The highest BCUT2D eigenvalue weighted by atomic mass is 16.6. The van der Waals surface area contributed by atoms with Crippen LogP contribution in [0.4, 0.5) is 0 Å². The molecule has 134 valence electrons. The van der Waals surface area contributed by atoms with Crippen LogP contribution in [0.25, 0.3) is 0 Å². The van der Waals surface area contributed by atoms with Gasteiger partial charge in [-0.15, -0.1) is 0 Å². The number of hydrogen-bond donors (Lipinski definition) is 0. The summed E-state index contributed by atoms with van der Waals surface area (Å²) in [6, 6.07) is 8.43. The fourth-order valence-electron chi connectivity index (χ4n) is 2.81. The smallest absolute Gasteiger partial charge is 0.119 e. The van der Waals surface area contributed by atoms with Crippen LogP contribution in [-0.2, 0) is 11.2 Å². The molecule has 1 aliphatic rings. The van der Waals surface area contributed by atoms with Crippen molar-refractivity contribution in [3.05, 3.63) is 42.0 Å².